The number of piperidine rings is 1. The number of nitriles is 2. The lowest BCUT2D eigenvalue weighted by Crippen LogP contribution is -2.38. The number of nitrogens with zero attached hydrogens (tertiary/aromatic N) is 4. The van der Waals surface area contributed by atoms with Crippen molar-refractivity contribution in [3.8, 4) is 29.0 Å². The van der Waals surface area contributed by atoms with Crippen LogP contribution in [0.1, 0.15) is 41.2 Å². The molecule has 1 aliphatic heterocycles. The molecule has 0 saturated carbocycles. The number of phenols is 1. The number of rotatable bonds is 5. The molecule has 1 fully saturated rings. The number of pyridine rings is 1. The van der Waals surface area contributed by atoms with Crippen LogP contribution in [0.3, 0.4) is 0 Å². The van der Waals surface area contributed by atoms with E-state index in [9.17, 15) is 20.4 Å². The zero-order valence-corrected chi connectivity index (χ0v) is 19.3. The number of amides is 1. The average molecular weight is 470 g/mol. The largest absolute Gasteiger partial charge is 0.508 e. The minimum atomic E-state index is -0.612. The molecule has 3 N–H and O–H groups in total. The molecule has 2 aromatic carbocycles. The third-order valence-corrected chi connectivity index (χ3v) is 7.02. The van der Waals surface area contributed by atoms with Crippen LogP contribution in [0.2, 0.25) is 0 Å². The molecule has 1 amide bonds. The predicted molar refractivity (Wildman–Crippen MR) is 131 cm³/mol. The monoisotopic (exact) mass is 469 g/mol. The van der Waals surface area contributed by atoms with Crippen LogP contribution in [0.5, 0.6) is 5.75 Å². The normalized spacial score (nSPS) is 14.1. The number of carbonyl (C=O) groups excluding carboxylic acids is 1. The topological polar surface area (TPSA) is 127 Å². The summed E-state index contributed by atoms with van der Waals surface area (Å²) in [6, 6.07) is 19.8. The molecular formula is C26H23N5O2S. The quantitative estimate of drug-likeness (QED) is 0.522. The van der Waals surface area contributed by atoms with Gasteiger partial charge in [0.2, 0.25) is 5.91 Å². The van der Waals surface area contributed by atoms with E-state index in [1.165, 1.54) is 23.9 Å². The highest BCUT2D eigenvalue weighted by molar-refractivity contribution is 8.00. The van der Waals surface area contributed by atoms with E-state index in [1.807, 2.05) is 35.2 Å². The van der Waals surface area contributed by atoms with Crippen molar-refractivity contribution in [2.24, 2.45) is 0 Å². The molecular weight excluding hydrogens is 446 g/mol. The van der Waals surface area contributed by atoms with Crippen LogP contribution in [0.15, 0.2) is 59.6 Å². The molecule has 1 aromatic heterocycles. The Morgan fingerprint density at radius 3 is 2.26 bits per heavy atom. The summed E-state index contributed by atoms with van der Waals surface area (Å²) < 4.78 is 0. The zero-order valence-electron chi connectivity index (χ0n) is 18.4. The van der Waals surface area contributed by atoms with Crippen LogP contribution in [0.4, 0.5) is 5.82 Å². The number of anilines is 1. The number of aromatic hydroxyl groups is 1. The molecule has 0 aliphatic carbocycles. The van der Waals surface area contributed by atoms with E-state index in [0.29, 0.717) is 29.2 Å². The van der Waals surface area contributed by atoms with Gasteiger partial charge in [0, 0.05) is 18.7 Å². The molecule has 1 atom stereocenters. The van der Waals surface area contributed by atoms with Gasteiger partial charge >= 0.3 is 0 Å². The fraction of sp³-hybridized carbons (Fsp3) is 0.231. The number of aromatic nitrogens is 1. The molecule has 0 radical (unpaired) electrons. The number of nitrogens with two attached hydrogens (primary N) is 1. The van der Waals surface area contributed by atoms with Crippen LogP contribution in [-0.4, -0.2) is 34.0 Å². The fourth-order valence-electron chi connectivity index (χ4n) is 4.08. The van der Waals surface area contributed by atoms with Gasteiger partial charge in [-0.1, -0.05) is 54.2 Å². The van der Waals surface area contributed by atoms with Gasteiger partial charge in [-0.3, -0.25) is 4.79 Å². The van der Waals surface area contributed by atoms with Crippen molar-refractivity contribution >= 4 is 23.5 Å². The lowest BCUT2D eigenvalue weighted by atomic mass is 9.97. The van der Waals surface area contributed by atoms with Gasteiger partial charge in [0.05, 0.1) is 5.56 Å². The first-order valence-electron chi connectivity index (χ1n) is 11.0. The molecule has 8 heteroatoms. The maximum absolute atomic E-state index is 13.6. The predicted octanol–water partition coefficient (Wildman–Crippen LogP) is 4.63. The van der Waals surface area contributed by atoms with Gasteiger partial charge in [-0.25, -0.2) is 4.98 Å². The first kappa shape index (κ1) is 23.2. The van der Waals surface area contributed by atoms with Crippen molar-refractivity contribution in [3.05, 3.63) is 71.3 Å². The summed E-state index contributed by atoms with van der Waals surface area (Å²) in [4.78, 5) is 19.8. The summed E-state index contributed by atoms with van der Waals surface area (Å²) in [7, 11) is 0. The number of likely N-dealkylation sites (tertiary alicyclic amines) is 1. The van der Waals surface area contributed by atoms with Gasteiger partial charge in [-0.15, -0.1) is 0 Å². The van der Waals surface area contributed by atoms with Crippen molar-refractivity contribution in [2.75, 3.05) is 18.8 Å². The number of benzene rings is 2. The Hall–Kier alpha value is -4.01. The third-order valence-electron chi connectivity index (χ3n) is 5.80. The molecule has 170 valence electrons. The van der Waals surface area contributed by atoms with E-state index >= 15 is 0 Å². The Bertz CT molecular complexity index is 1270. The van der Waals surface area contributed by atoms with Gasteiger partial charge in [0.25, 0.3) is 0 Å². The van der Waals surface area contributed by atoms with Crippen LogP contribution in [0.25, 0.3) is 11.1 Å². The van der Waals surface area contributed by atoms with Crippen LogP contribution in [-0.2, 0) is 4.79 Å². The van der Waals surface area contributed by atoms with Crippen LogP contribution < -0.4 is 5.73 Å². The summed E-state index contributed by atoms with van der Waals surface area (Å²) in [5.74, 6) is 0.0219. The SMILES string of the molecule is N#Cc1c(N)nc(SC(C(=O)N2CCCCC2)c2ccccc2)c(C#N)c1-c1ccc(O)cc1. The van der Waals surface area contributed by atoms with Crippen LogP contribution >= 0.6 is 11.8 Å². The first-order valence-corrected chi connectivity index (χ1v) is 11.8. The van der Waals surface area contributed by atoms with Crippen molar-refractivity contribution in [1.82, 2.24) is 9.88 Å². The zero-order chi connectivity index (χ0) is 24.1. The molecule has 0 bridgehead atoms. The Morgan fingerprint density at radius 2 is 1.65 bits per heavy atom. The third kappa shape index (κ3) is 4.68. The maximum Gasteiger partial charge on any atom is 0.240 e. The highest BCUT2D eigenvalue weighted by Gasteiger charge is 2.31. The molecule has 2 heterocycles. The number of hydrogen-bond donors (Lipinski definition) is 2. The fourth-order valence-corrected chi connectivity index (χ4v) is 5.26. The highest BCUT2D eigenvalue weighted by Crippen LogP contribution is 2.42. The van der Waals surface area contributed by atoms with Crippen molar-refractivity contribution < 1.29 is 9.90 Å². The number of carbonyl (C=O) groups is 1. The van der Waals surface area contributed by atoms with Gasteiger partial charge < -0.3 is 15.7 Å². The van der Waals surface area contributed by atoms with E-state index < -0.39 is 5.25 Å². The lowest BCUT2D eigenvalue weighted by Gasteiger charge is -2.30. The minimum Gasteiger partial charge on any atom is -0.508 e. The number of hydrogen-bond acceptors (Lipinski definition) is 7. The second-order valence-electron chi connectivity index (χ2n) is 7.99. The van der Waals surface area contributed by atoms with Crippen molar-refractivity contribution in [2.45, 2.75) is 29.5 Å². The highest BCUT2D eigenvalue weighted by atomic mass is 32.2. The maximum atomic E-state index is 13.6. The molecule has 34 heavy (non-hydrogen) atoms. The van der Waals surface area contributed by atoms with Crippen molar-refractivity contribution in [3.63, 3.8) is 0 Å². The van der Waals surface area contributed by atoms with Crippen LogP contribution in [0, 0.1) is 22.7 Å². The standard InChI is InChI=1S/C26H23N5O2S/c27-15-20-22(17-9-11-19(32)12-10-17)21(16-28)25(30-24(20)29)34-23(18-7-3-1-4-8-18)26(33)31-13-5-2-6-14-31/h1,3-4,7-12,23,32H,2,5-6,13-14H2,(H2,29,30). The molecule has 0 spiro atoms. The minimum absolute atomic E-state index is 0.00990. The molecule has 1 saturated heterocycles. The smallest absolute Gasteiger partial charge is 0.240 e. The van der Waals surface area contributed by atoms with E-state index in [1.54, 1.807) is 12.1 Å². The summed E-state index contributed by atoms with van der Waals surface area (Å²) in [5.41, 5.74) is 8.13. The molecule has 1 aliphatic rings. The molecule has 4 rings (SSSR count). The van der Waals surface area contributed by atoms with Gasteiger partial charge in [0.1, 0.15) is 39.5 Å². The van der Waals surface area contributed by atoms with Gasteiger partial charge in [-0.05, 0) is 42.5 Å². The Labute approximate surface area is 202 Å². The number of thioether (sulfide) groups is 1. The lowest BCUT2D eigenvalue weighted by molar-refractivity contribution is -0.131. The second kappa shape index (κ2) is 10.3. The Balaban J connectivity index is 1.83. The summed E-state index contributed by atoms with van der Waals surface area (Å²) in [6.07, 6.45) is 3.04. The van der Waals surface area contributed by atoms with Gasteiger partial charge in [-0.2, -0.15) is 10.5 Å². The summed E-state index contributed by atoms with van der Waals surface area (Å²) >= 11 is 1.18. The molecule has 3 aromatic rings. The van der Waals surface area contributed by atoms with E-state index in [4.69, 9.17) is 5.73 Å². The summed E-state index contributed by atoms with van der Waals surface area (Å²) in [6.45, 7) is 1.41. The van der Waals surface area contributed by atoms with E-state index in [2.05, 4.69) is 17.1 Å². The van der Waals surface area contributed by atoms with E-state index in [0.717, 1.165) is 24.8 Å². The Morgan fingerprint density at radius 1 is 1.00 bits per heavy atom. The average Bonchev–Trinajstić information content (AvgIpc) is 2.88. The molecule has 7 nitrogen and oxygen atoms in total. The number of nitrogen functional groups attached to an aromatic ring is 1. The second-order valence-corrected chi connectivity index (χ2v) is 9.09. The van der Waals surface area contributed by atoms with Crippen molar-refractivity contribution in [1.29, 1.82) is 10.5 Å². The number of phenolic OH excluding ortho intramolecular Hbond substituents is 1. The Kier molecular flexibility index (Phi) is 7.01. The van der Waals surface area contributed by atoms with Gasteiger partial charge in [0.15, 0.2) is 0 Å². The molecule has 1 unspecified atom stereocenters. The summed E-state index contributed by atoms with van der Waals surface area (Å²) in [5, 5.41) is 29.2. The van der Waals surface area contributed by atoms with E-state index in [-0.39, 0.29) is 28.6 Å². The first-order chi connectivity index (χ1) is 16.5.